The van der Waals surface area contributed by atoms with E-state index in [1.165, 1.54) is 0 Å². The number of aromatic nitrogens is 1. The third-order valence-electron chi connectivity index (χ3n) is 2.17. The number of phenolic OH excluding ortho intramolecular Hbond substituents is 1. The van der Waals surface area contributed by atoms with Gasteiger partial charge in [0.05, 0.1) is 0 Å². The molecule has 1 aromatic carbocycles. The lowest BCUT2D eigenvalue weighted by molar-refractivity contribution is 0.306. The van der Waals surface area contributed by atoms with Crippen molar-refractivity contribution in [3.63, 3.8) is 0 Å². The second kappa shape index (κ2) is 4.53. The van der Waals surface area contributed by atoms with Crippen LogP contribution in [0.1, 0.15) is 5.56 Å². The number of pyridine rings is 1. The number of nitrogens with two attached hydrogens (primary N) is 1. The third kappa shape index (κ3) is 2.42. The molecule has 2 aromatic rings. The number of aromatic hydroxyl groups is 1. The molecule has 0 saturated carbocycles. The molecular formula is C12H12N2O2. The van der Waals surface area contributed by atoms with Crippen molar-refractivity contribution < 1.29 is 9.84 Å². The maximum atomic E-state index is 9.10. The molecule has 0 spiro atoms. The van der Waals surface area contributed by atoms with Crippen molar-refractivity contribution in [2.45, 2.75) is 6.61 Å². The van der Waals surface area contributed by atoms with E-state index in [-0.39, 0.29) is 5.75 Å². The summed E-state index contributed by atoms with van der Waals surface area (Å²) in [7, 11) is 0. The molecule has 0 radical (unpaired) electrons. The Hall–Kier alpha value is -2.23. The predicted octanol–water partition coefficient (Wildman–Crippen LogP) is 1.95. The highest BCUT2D eigenvalue weighted by atomic mass is 16.5. The van der Waals surface area contributed by atoms with Gasteiger partial charge in [-0.25, -0.2) is 0 Å². The van der Waals surface area contributed by atoms with Crippen molar-refractivity contribution in [1.29, 1.82) is 0 Å². The Morgan fingerprint density at radius 3 is 2.62 bits per heavy atom. The van der Waals surface area contributed by atoms with E-state index in [1.54, 1.807) is 42.7 Å². The van der Waals surface area contributed by atoms with Gasteiger partial charge in [0.1, 0.15) is 18.1 Å². The maximum absolute atomic E-state index is 9.10. The van der Waals surface area contributed by atoms with E-state index in [0.29, 0.717) is 18.0 Å². The Morgan fingerprint density at radius 2 is 1.94 bits per heavy atom. The highest BCUT2D eigenvalue weighted by Crippen LogP contribution is 2.18. The summed E-state index contributed by atoms with van der Waals surface area (Å²) >= 11 is 0. The predicted molar refractivity (Wildman–Crippen MR) is 61.1 cm³/mol. The van der Waals surface area contributed by atoms with Crippen LogP contribution in [0.15, 0.2) is 42.7 Å². The minimum atomic E-state index is 0.216. The first-order chi connectivity index (χ1) is 7.75. The summed E-state index contributed by atoms with van der Waals surface area (Å²) in [5.74, 6) is 0.897. The Kier molecular flexibility index (Phi) is 2.91. The van der Waals surface area contributed by atoms with Crippen LogP contribution >= 0.6 is 0 Å². The molecule has 0 unspecified atom stereocenters. The molecule has 2 rings (SSSR count). The number of nitrogens with zero attached hydrogens (tertiary/aromatic N) is 1. The Labute approximate surface area is 93.3 Å². The molecule has 82 valence electrons. The quantitative estimate of drug-likeness (QED) is 0.822. The van der Waals surface area contributed by atoms with Gasteiger partial charge < -0.3 is 15.6 Å². The van der Waals surface area contributed by atoms with E-state index in [4.69, 9.17) is 15.6 Å². The van der Waals surface area contributed by atoms with Crippen LogP contribution in [0.5, 0.6) is 11.5 Å². The molecule has 1 heterocycles. The first kappa shape index (κ1) is 10.3. The van der Waals surface area contributed by atoms with Gasteiger partial charge in [0, 0.05) is 23.6 Å². The highest BCUT2D eigenvalue weighted by Gasteiger charge is 2.00. The zero-order chi connectivity index (χ0) is 11.4. The van der Waals surface area contributed by atoms with Crippen LogP contribution in [-0.4, -0.2) is 10.1 Å². The van der Waals surface area contributed by atoms with Crippen molar-refractivity contribution in [3.8, 4) is 11.5 Å². The minimum absolute atomic E-state index is 0.216. The average molecular weight is 216 g/mol. The number of benzene rings is 1. The zero-order valence-corrected chi connectivity index (χ0v) is 8.63. The van der Waals surface area contributed by atoms with Gasteiger partial charge in [-0.1, -0.05) is 0 Å². The van der Waals surface area contributed by atoms with Gasteiger partial charge in [-0.2, -0.15) is 0 Å². The summed E-state index contributed by atoms with van der Waals surface area (Å²) in [6.07, 6.45) is 3.31. The third-order valence-corrected chi connectivity index (χ3v) is 2.17. The van der Waals surface area contributed by atoms with Crippen LogP contribution in [0.2, 0.25) is 0 Å². The molecule has 0 amide bonds. The van der Waals surface area contributed by atoms with Crippen molar-refractivity contribution in [1.82, 2.24) is 4.98 Å². The number of phenols is 1. The van der Waals surface area contributed by atoms with Gasteiger partial charge in [0.15, 0.2) is 0 Å². The fourth-order valence-electron chi connectivity index (χ4n) is 1.26. The van der Waals surface area contributed by atoms with E-state index < -0.39 is 0 Å². The molecule has 0 atom stereocenters. The molecule has 0 aliphatic carbocycles. The van der Waals surface area contributed by atoms with Crippen molar-refractivity contribution in [2.75, 3.05) is 5.73 Å². The highest BCUT2D eigenvalue weighted by molar-refractivity contribution is 5.44. The summed E-state index contributed by atoms with van der Waals surface area (Å²) in [4.78, 5) is 3.97. The fraction of sp³-hybridized carbons (Fsp3) is 0.0833. The fourth-order valence-corrected chi connectivity index (χ4v) is 1.26. The van der Waals surface area contributed by atoms with Crippen LogP contribution < -0.4 is 10.5 Å². The molecule has 4 nitrogen and oxygen atoms in total. The lowest BCUT2D eigenvalue weighted by Crippen LogP contribution is -2.00. The van der Waals surface area contributed by atoms with Crippen molar-refractivity contribution in [3.05, 3.63) is 48.3 Å². The molecule has 4 heteroatoms. The largest absolute Gasteiger partial charge is 0.508 e. The summed E-state index contributed by atoms with van der Waals surface area (Å²) < 4.78 is 5.50. The SMILES string of the molecule is Nc1ccncc1COc1ccc(O)cc1. The Bertz CT molecular complexity index is 469. The van der Waals surface area contributed by atoms with Crippen molar-refractivity contribution in [2.24, 2.45) is 0 Å². The summed E-state index contributed by atoms with van der Waals surface area (Å²) in [5.41, 5.74) is 7.25. The van der Waals surface area contributed by atoms with Gasteiger partial charge in [-0.15, -0.1) is 0 Å². The number of nitrogen functional groups attached to an aromatic ring is 1. The molecule has 16 heavy (non-hydrogen) atoms. The number of rotatable bonds is 3. The van der Waals surface area contributed by atoms with E-state index in [1.807, 2.05) is 0 Å². The van der Waals surface area contributed by atoms with Gasteiger partial charge in [-0.05, 0) is 30.3 Å². The van der Waals surface area contributed by atoms with E-state index in [2.05, 4.69) is 4.98 Å². The maximum Gasteiger partial charge on any atom is 0.120 e. The van der Waals surface area contributed by atoms with Crippen LogP contribution in [0, 0.1) is 0 Å². The van der Waals surface area contributed by atoms with E-state index >= 15 is 0 Å². The molecule has 0 bridgehead atoms. The molecule has 0 fully saturated rings. The van der Waals surface area contributed by atoms with Gasteiger partial charge in [0.2, 0.25) is 0 Å². The summed E-state index contributed by atoms with van der Waals surface area (Å²) in [6.45, 7) is 0.366. The average Bonchev–Trinajstić information content (AvgIpc) is 2.30. The van der Waals surface area contributed by atoms with Gasteiger partial charge in [-0.3, -0.25) is 4.98 Å². The molecular weight excluding hydrogens is 204 g/mol. The minimum Gasteiger partial charge on any atom is -0.508 e. The van der Waals surface area contributed by atoms with Crippen LogP contribution in [0.3, 0.4) is 0 Å². The molecule has 3 N–H and O–H groups in total. The molecule has 0 saturated heterocycles. The number of ether oxygens (including phenoxy) is 1. The van der Waals surface area contributed by atoms with Crippen LogP contribution in [-0.2, 0) is 6.61 Å². The Morgan fingerprint density at radius 1 is 1.19 bits per heavy atom. The molecule has 1 aromatic heterocycles. The smallest absolute Gasteiger partial charge is 0.120 e. The summed E-state index contributed by atoms with van der Waals surface area (Å²) in [5, 5.41) is 9.10. The normalized spacial score (nSPS) is 10.0. The lowest BCUT2D eigenvalue weighted by Gasteiger charge is -2.07. The van der Waals surface area contributed by atoms with Gasteiger partial charge >= 0.3 is 0 Å². The number of anilines is 1. The molecule has 0 aliphatic rings. The topological polar surface area (TPSA) is 68.4 Å². The molecule has 0 aliphatic heterocycles. The van der Waals surface area contributed by atoms with Crippen molar-refractivity contribution >= 4 is 5.69 Å². The van der Waals surface area contributed by atoms with E-state index in [9.17, 15) is 0 Å². The standard InChI is InChI=1S/C12H12N2O2/c13-12-5-6-14-7-9(12)8-16-11-3-1-10(15)2-4-11/h1-7,15H,8H2,(H2,13,14). The lowest BCUT2D eigenvalue weighted by atomic mass is 10.2. The van der Waals surface area contributed by atoms with Gasteiger partial charge in [0.25, 0.3) is 0 Å². The second-order valence-corrected chi connectivity index (χ2v) is 3.36. The first-order valence-corrected chi connectivity index (χ1v) is 4.86. The van der Waals surface area contributed by atoms with E-state index in [0.717, 1.165) is 5.56 Å². The zero-order valence-electron chi connectivity index (χ0n) is 8.63. The first-order valence-electron chi connectivity index (χ1n) is 4.86. The van der Waals surface area contributed by atoms with Crippen LogP contribution in [0.25, 0.3) is 0 Å². The number of hydrogen-bond acceptors (Lipinski definition) is 4. The Balaban J connectivity index is 2.02. The summed E-state index contributed by atoms with van der Waals surface area (Å²) in [6, 6.07) is 8.27. The second-order valence-electron chi connectivity index (χ2n) is 3.36. The van der Waals surface area contributed by atoms with Crippen LogP contribution in [0.4, 0.5) is 5.69 Å². The monoisotopic (exact) mass is 216 g/mol. The number of hydrogen-bond donors (Lipinski definition) is 2.